The molecular weight excluding hydrogens is 196 g/mol. The van der Waals surface area contributed by atoms with E-state index >= 15 is 0 Å². The average Bonchev–Trinajstić information content (AvgIpc) is 2.17. The predicted octanol–water partition coefficient (Wildman–Crippen LogP) is 4.00. The normalized spacial score (nSPS) is 16.8. The summed E-state index contributed by atoms with van der Waals surface area (Å²) in [6.07, 6.45) is 12.1. The zero-order chi connectivity index (χ0) is 12.6. The number of rotatable bonds is 8. The SMILES string of the molecule is C#C[C@](C)(O)CCC[C@@H](C)CCCC(C)C. The Morgan fingerprint density at radius 1 is 1.12 bits per heavy atom. The molecule has 2 atom stereocenters. The fraction of sp³-hybridized carbons (Fsp3) is 0.867. The minimum Gasteiger partial charge on any atom is -0.378 e. The van der Waals surface area contributed by atoms with Crippen molar-refractivity contribution in [1.82, 2.24) is 0 Å². The summed E-state index contributed by atoms with van der Waals surface area (Å²) in [6, 6.07) is 0. The molecule has 0 aromatic heterocycles. The van der Waals surface area contributed by atoms with Crippen LogP contribution in [0.3, 0.4) is 0 Å². The van der Waals surface area contributed by atoms with Gasteiger partial charge in [0.2, 0.25) is 0 Å². The molecule has 0 aliphatic heterocycles. The van der Waals surface area contributed by atoms with Gasteiger partial charge in [0.15, 0.2) is 0 Å². The Labute approximate surface area is 102 Å². The minimum atomic E-state index is -0.905. The molecule has 0 aliphatic carbocycles. The standard InChI is InChI=1S/C15H28O/c1-6-15(5,16)12-8-11-14(4)10-7-9-13(2)3/h1,13-14,16H,7-12H2,2-5H3/t14-,15-/m0/s1. The molecule has 1 N–H and O–H groups in total. The Hall–Kier alpha value is -0.480. The molecule has 94 valence electrons. The zero-order valence-corrected chi connectivity index (χ0v) is 11.4. The fourth-order valence-corrected chi connectivity index (χ4v) is 1.89. The van der Waals surface area contributed by atoms with E-state index in [-0.39, 0.29) is 0 Å². The van der Waals surface area contributed by atoms with Gasteiger partial charge in [0, 0.05) is 0 Å². The molecule has 0 aromatic rings. The Kier molecular flexibility index (Phi) is 7.51. The maximum absolute atomic E-state index is 9.65. The summed E-state index contributed by atoms with van der Waals surface area (Å²) in [5, 5.41) is 9.65. The van der Waals surface area contributed by atoms with Gasteiger partial charge < -0.3 is 5.11 Å². The summed E-state index contributed by atoms with van der Waals surface area (Å²) in [4.78, 5) is 0. The lowest BCUT2D eigenvalue weighted by atomic mass is 9.92. The van der Waals surface area contributed by atoms with Gasteiger partial charge in [-0.15, -0.1) is 6.42 Å². The molecule has 0 aliphatic rings. The van der Waals surface area contributed by atoms with Crippen molar-refractivity contribution in [3.63, 3.8) is 0 Å². The van der Waals surface area contributed by atoms with E-state index in [1.54, 1.807) is 6.92 Å². The highest BCUT2D eigenvalue weighted by atomic mass is 16.3. The van der Waals surface area contributed by atoms with Crippen molar-refractivity contribution in [3.8, 4) is 12.3 Å². The molecule has 0 radical (unpaired) electrons. The topological polar surface area (TPSA) is 20.2 Å². The van der Waals surface area contributed by atoms with E-state index in [2.05, 4.69) is 26.7 Å². The molecule has 0 amide bonds. The number of hydrogen-bond donors (Lipinski definition) is 1. The molecule has 1 nitrogen and oxygen atoms in total. The second-order valence-corrected chi connectivity index (χ2v) is 5.74. The quantitative estimate of drug-likeness (QED) is 0.618. The van der Waals surface area contributed by atoms with Crippen LogP contribution < -0.4 is 0 Å². The molecule has 0 bridgehead atoms. The molecule has 0 spiro atoms. The van der Waals surface area contributed by atoms with Gasteiger partial charge in [-0.25, -0.2) is 0 Å². The van der Waals surface area contributed by atoms with Crippen molar-refractivity contribution in [2.45, 2.75) is 71.8 Å². The monoisotopic (exact) mass is 224 g/mol. The van der Waals surface area contributed by atoms with Crippen LogP contribution in [0.4, 0.5) is 0 Å². The Morgan fingerprint density at radius 3 is 2.19 bits per heavy atom. The molecule has 0 saturated heterocycles. The lowest BCUT2D eigenvalue weighted by molar-refractivity contribution is 0.107. The van der Waals surface area contributed by atoms with Gasteiger partial charge in [0.05, 0.1) is 0 Å². The Morgan fingerprint density at radius 2 is 1.69 bits per heavy atom. The summed E-state index contributed by atoms with van der Waals surface area (Å²) < 4.78 is 0. The highest BCUT2D eigenvalue weighted by molar-refractivity contribution is 5.03. The van der Waals surface area contributed by atoms with Crippen molar-refractivity contribution >= 4 is 0 Å². The molecule has 0 unspecified atom stereocenters. The number of aliphatic hydroxyl groups is 1. The average molecular weight is 224 g/mol. The first kappa shape index (κ1) is 15.5. The van der Waals surface area contributed by atoms with Crippen LogP contribution in [0.25, 0.3) is 0 Å². The van der Waals surface area contributed by atoms with Gasteiger partial charge in [-0.3, -0.25) is 0 Å². The predicted molar refractivity (Wildman–Crippen MR) is 71.2 cm³/mol. The van der Waals surface area contributed by atoms with Crippen LogP contribution in [0.1, 0.15) is 66.2 Å². The summed E-state index contributed by atoms with van der Waals surface area (Å²) in [5.41, 5.74) is -0.905. The highest BCUT2D eigenvalue weighted by Gasteiger charge is 2.15. The van der Waals surface area contributed by atoms with Crippen molar-refractivity contribution < 1.29 is 5.11 Å². The first-order valence-electron chi connectivity index (χ1n) is 6.57. The van der Waals surface area contributed by atoms with E-state index < -0.39 is 5.60 Å². The third-order valence-electron chi connectivity index (χ3n) is 3.15. The lowest BCUT2D eigenvalue weighted by Crippen LogP contribution is -2.20. The summed E-state index contributed by atoms with van der Waals surface area (Å²) in [6.45, 7) is 8.56. The van der Waals surface area contributed by atoms with E-state index in [4.69, 9.17) is 6.42 Å². The van der Waals surface area contributed by atoms with Gasteiger partial charge in [-0.05, 0) is 31.6 Å². The third kappa shape index (κ3) is 8.80. The third-order valence-corrected chi connectivity index (χ3v) is 3.15. The second kappa shape index (κ2) is 7.74. The van der Waals surface area contributed by atoms with E-state index in [0.717, 1.165) is 24.7 Å². The zero-order valence-electron chi connectivity index (χ0n) is 11.4. The van der Waals surface area contributed by atoms with E-state index in [0.29, 0.717) is 0 Å². The van der Waals surface area contributed by atoms with E-state index in [1.807, 2.05) is 0 Å². The molecular formula is C15H28O. The van der Waals surface area contributed by atoms with Gasteiger partial charge in [0.1, 0.15) is 5.60 Å². The van der Waals surface area contributed by atoms with E-state index in [1.165, 1.54) is 25.7 Å². The molecule has 16 heavy (non-hydrogen) atoms. The fourth-order valence-electron chi connectivity index (χ4n) is 1.89. The number of hydrogen-bond acceptors (Lipinski definition) is 1. The lowest BCUT2D eigenvalue weighted by Gasteiger charge is -2.17. The number of terminal acetylenes is 1. The van der Waals surface area contributed by atoms with Crippen LogP contribution in [0.2, 0.25) is 0 Å². The molecule has 0 rings (SSSR count). The minimum absolute atomic E-state index is 0.720. The van der Waals surface area contributed by atoms with Gasteiger partial charge in [0.25, 0.3) is 0 Å². The second-order valence-electron chi connectivity index (χ2n) is 5.74. The van der Waals surface area contributed by atoms with Crippen LogP contribution in [0.15, 0.2) is 0 Å². The van der Waals surface area contributed by atoms with Gasteiger partial charge >= 0.3 is 0 Å². The van der Waals surface area contributed by atoms with E-state index in [9.17, 15) is 5.11 Å². The first-order valence-corrected chi connectivity index (χ1v) is 6.57. The molecule has 0 saturated carbocycles. The smallest absolute Gasteiger partial charge is 0.122 e. The van der Waals surface area contributed by atoms with Crippen LogP contribution in [0.5, 0.6) is 0 Å². The van der Waals surface area contributed by atoms with Crippen LogP contribution in [-0.4, -0.2) is 10.7 Å². The molecule has 0 aromatic carbocycles. The summed E-state index contributed by atoms with van der Waals surface area (Å²) >= 11 is 0. The Bertz CT molecular complexity index is 210. The van der Waals surface area contributed by atoms with Crippen molar-refractivity contribution in [2.24, 2.45) is 11.8 Å². The Balaban J connectivity index is 3.52. The van der Waals surface area contributed by atoms with Crippen LogP contribution >= 0.6 is 0 Å². The van der Waals surface area contributed by atoms with Crippen LogP contribution in [0, 0.1) is 24.2 Å². The highest BCUT2D eigenvalue weighted by Crippen LogP contribution is 2.20. The van der Waals surface area contributed by atoms with Crippen LogP contribution in [-0.2, 0) is 0 Å². The first-order chi connectivity index (χ1) is 7.37. The van der Waals surface area contributed by atoms with Crippen molar-refractivity contribution in [2.75, 3.05) is 0 Å². The maximum atomic E-state index is 9.65. The summed E-state index contributed by atoms with van der Waals surface area (Å²) in [7, 11) is 0. The van der Waals surface area contributed by atoms with Crippen molar-refractivity contribution in [1.29, 1.82) is 0 Å². The van der Waals surface area contributed by atoms with Gasteiger partial charge in [-0.2, -0.15) is 0 Å². The molecule has 1 heteroatoms. The largest absolute Gasteiger partial charge is 0.378 e. The molecule has 0 heterocycles. The molecule has 0 fully saturated rings. The van der Waals surface area contributed by atoms with Gasteiger partial charge in [-0.1, -0.05) is 52.4 Å². The summed E-state index contributed by atoms with van der Waals surface area (Å²) in [5.74, 6) is 4.00. The maximum Gasteiger partial charge on any atom is 0.122 e. The van der Waals surface area contributed by atoms with Crippen molar-refractivity contribution in [3.05, 3.63) is 0 Å².